The predicted octanol–water partition coefficient (Wildman–Crippen LogP) is 3.01. The van der Waals surface area contributed by atoms with Crippen LogP contribution in [0.15, 0.2) is 36.7 Å². The van der Waals surface area contributed by atoms with Crippen molar-refractivity contribution in [3.05, 3.63) is 53.7 Å². The molecule has 0 aromatic carbocycles. The highest BCUT2D eigenvalue weighted by Crippen LogP contribution is 2.25. The van der Waals surface area contributed by atoms with Gasteiger partial charge in [-0.25, -0.2) is 19.7 Å². The third kappa shape index (κ3) is 5.40. The van der Waals surface area contributed by atoms with E-state index >= 15 is 0 Å². The van der Waals surface area contributed by atoms with E-state index < -0.39 is 0 Å². The van der Waals surface area contributed by atoms with E-state index in [2.05, 4.69) is 52.7 Å². The number of carbonyl (C=O) groups excluding carboxylic acids is 1. The summed E-state index contributed by atoms with van der Waals surface area (Å²) in [6, 6.07) is 7.24. The van der Waals surface area contributed by atoms with Gasteiger partial charge in [0.1, 0.15) is 17.7 Å². The van der Waals surface area contributed by atoms with Crippen LogP contribution >= 0.6 is 0 Å². The molecule has 0 radical (unpaired) electrons. The highest BCUT2D eigenvalue weighted by Gasteiger charge is 2.33. The summed E-state index contributed by atoms with van der Waals surface area (Å²) in [4.78, 5) is 33.6. The lowest BCUT2D eigenvalue weighted by Crippen LogP contribution is -2.53. The molecule has 2 atom stereocenters. The molecule has 5 heterocycles. The molecular weight excluding hydrogens is 456 g/mol. The van der Waals surface area contributed by atoms with E-state index in [1.807, 2.05) is 38.1 Å². The van der Waals surface area contributed by atoms with E-state index in [4.69, 9.17) is 4.98 Å². The van der Waals surface area contributed by atoms with Gasteiger partial charge in [-0.3, -0.25) is 5.10 Å². The van der Waals surface area contributed by atoms with E-state index in [1.54, 1.807) is 12.3 Å². The topological polar surface area (TPSA) is 118 Å². The molecule has 36 heavy (non-hydrogen) atoms. The zero-order chi connectivity index (χ0) is 25.1. The second kappa shape index (κ2) is 10.5. The minimum Gasteiger partial charge on any atom is -0.357 e. The fraction of sp³-hybridized carbons (Fsp3) is 0.480. The Balaban J connectivity index is 1.28. The molecule has 11 heteroatoms. The SMILES string of the molecule is Cc1cc(Nc2ccnc(C3CN(C)CCN3C(=O)NC(C)c3ccc(N4CCCC4)nc3)n2)n[nH]1. The number of rotatable bonds is 6. The molecule has 0 spiro atoms. The lowest BCUT2D eigenvalue weighted by Gasteiger charge is -2.39. The Labute approximate surface area is 211 Å². The first-order valence-electron chi connectivity index (χ1n) is 12.5. The summed E-state index contributed by atoms with van der Waals surface area (Å²) in [5.74, 6) is 2.92. The van der Waals surface area contributed by atoms with Crippen LogP contribution in [0.2, 0.25) is 0 Å². The van der Waals surface area contributed by atoms with Crippen molar-refractivity contribution in [2.75, 3.05) is 50.0 Å². The van der Waals surface area contributed by atoms with Gasteiger partial charge in [0.15, 0.2) is 11.6 Å². The van der Waals surface area contributed by atoms with Gasteiger partial charge in [-0.05, 0) is 51.4 Å². The number of likely N-dealkylation sites (N-methyl/N-ethyl adjacent to an activating group) is 1. The van der Waals surface area contributed by atoms with E-state index in [0.29, 0.717) is 30.5 Å². The smallest absolute Gasteiger partial charge is 0.318 e. The Morgan fingerprint density at radius 1 is 1.11 bits per heavy atom. The van der Waals surface area contributed by atoms with Crippen molar-refractivity contribution >= 4 is 23.5 Å². The van der Waals surface area contributed by atoms with Crippen LogP contribution in [0.4, 0.5) is 22.2 Å². The Morgan fingerprint density at radius 2 is 1.94 bits per heavy atom. The summed E-state index contributed by atoms with van der Waals surface area (Å²) < 4.78 is 0. The minimum atomic E-state index is -0.269. The van der Waals surface area contributed by atoms with E-state index in [1.165, 1.54) is 12.8 Å². The van der Waals surface area contributed by atoms with Gasteiger partial charge in [0, 0.05) is 56.9 Å². The lowest BCUT2D eigenvalue weighted by atomic mass is 10.1. The minimum absolute atomic E-state index is 0.130. The number of nitrogens with one attached hydrogen (secondary N) is 3. The number of nitrogens with zero attached hydrogens (tertiary/aromatic N) is 7. The second-order valence-electron chi connectivity index (χ2n) is 9.65. The highest BCUT2D eigenvalue weighted by molar-refractivity contribution is 5.75. The number of piperazine rings is 1. The number of aromatic nitrogens is 5. The maximum atomic E-state index is 13.4. The quantitative estimate of drug-likeness (QED) is 0.483. The highest BCUT2D eigenvalue weighted by atomic mass is 16.2. The van der Waals surface area contributed by atoms with Gasteiger partial charge in [-0.2, -0.15) is 5.10 Å². The van der Waals surface area contributed by atoms with Crippen LogP contribution in [0, 0.1) is 6.92 Å². The standard InChI is InChI=1S/C25H34N10O/c1-17-14-22(32-31-17)29-21-8-9-26-24(30-21)20-16-33(3)12-13-35(20)25(36)28-18(2)19-6-7-23(27-15-19)34-10-4-5-11-34/h6-9,14-15,18,20H,4-5,10-13,16H2,1-3H3,(H,28,36)(H2,26,29,30,31,32). The van der Waals surface area contributed by atoms with Crippen molar-refractivity contribution in [3.8, 4) is 0 Å². The van der Waals surface area contributed by atoms with Crippen molar-refractivity contribution in [2.45, 2.75) is 38.8 Å². The summed E-state index contributed by atoms with van der Waals surface area (Å²) in [6.07, 6.45) is 6.01. The molecule has 2 unspecified atom stereocenters. The van der Waals surface area contributed by atoms with Gasteiger partial charge >= 0.3 is 6.03 Å². The predicted molar refractivity (Wildman–Crippen MR) is 138 cm³/mol. The molecule has 3 aromatic heterocycles. The molecule has 0 saturated carbocycles. The van der Waals surface area contributed by atoms with Crippen LogP contribution < -0.4 is 15.5 Å². The number of hydrogen-bond donors (Lipinski definition) is 3. The summed E-state index contributed by atoms with van der Waals surface area (Å²) >= 11 is 0. The van der Waals surface area contributed by atoms with E-state index in [-0.39, 0.29) is 18.1 Å². The van der Waals surface area contributed by atoms with E-state index in [9.17, 15) is 4.79 Å². The van der Waals surface area contributed by atoms with Gasteiger partial charge < -0.3 is 25.3 Å². The van der Waals surface area contributed by atoms with Crippen LogP contribution in [0.5, 0.6) is 0 Å². The number of anilines is 3. The third-order valence-corrected chi connectivity index (χ3v) is 6.82. The molecule has 3 N–H and O–H groups in total. The molecule has 11 nitrogen and oxygen atoms in total. The second-order valence-corrected chi connectivity index (χ2v) is 9.65. The zero-order valence-electron chi connectivity index (χ0n) is 21.1. The number of carbonyl (C=O) groups is 1. The maximum Gasteiger partial charge on any atom is 0.318 e. The van der Waals surface area contributed by atoms with Crippen LogP contribution in [-0.4, -0.2) is 80.8 Å². The van der Waals surface area contributed by atoms with Crippen LogP contribution in [0.1, 0.15) is 48.9 Å². The maximum absolute atomic E-state index is 13.4. The third-order valence-electron chi connectivity index (χ3n) is 6.82. The average Bonchev–Trinajstić information content (AvgIpc) is 3.56. The van der Waals surface area contributed by atoms with Gasteiger partial charge in [0.25, 0.3) is 0 Å². The van der Waals surface area contributed by atoms with Crippen molar-refractivity contribution in [1.29, 1.82) is 0 Å². The number of H-pyrrole nitrogens is 1. The monoisotopic (exact) mass is 490 g/mol. The van der Waals surface area contributed by atoms with Crippen LogP contribution in [-0.2, 0) is 0 Å². The average molecular weight is 491 g/mol. The lowest BCUT2D eigenvalue weighted by molar-refractivity contribution is 0.103. The largest absolute Gasteiger partial charge is 0.357 e. The van der Waals surface area contributed by atoms with E-state index in [0.717, 1.165) is 36.7 Å². The van der Waals surface area contributed by atoms with Crippen LogP contribution in [0.3, 0.4) is 0 Å². The summed E-state index contributed by atoms with van der Waals surface area (Å²) in [5, 5.41) is 13.5. The first-order valence-corrected chi connectivity index (χ1v) is 12.5. The van der Waals surface area contributed by atoms with Crippen molar-refractivity contribution in [1.82, 2.24) is 40.3 Å². The number of urea groups is 1. The van der Waals surface area contributed by atoms with Crippen molar-refractivity contribution < 1.29 is 4.79 Å². The summed E-state index contributed by atoms with van der Waals surface area (Å²) in [7, 11) is 2.05. The summed E-state index contributed by atoms with van der Waals surface area (Å²) in [5.41, 5.74) is 1.94. The van der Waals surface area contributed by atoms with Gasteiger partial charge in [0.2, 0.25) is 0 Å². The van der Waals surface area contributed by atoms with Crippen molar-refractivity contribution in [2.24, 2.45) is 0 Å². The van der Waals surface area contributed by atoms with Crippen molar-refractivity contribution in [3.63, 3.8) is 0 Å². The number of amides is 2. The van der Waals surface area contributed by atoms with Gasteiger partial charge in [-0.15, -0.1) is 0 Å². The molecule has 2 aliphatic heterocycles. The molecule has 3 aromatic rings. The molecule has 0 aliphatic carbocycles. The molecule has 2 amide bonds. The molecule has 0 bridgehead atoms. The number of aromatic amines is 1. The molecule has 190 valence electrons. The first-order chi connectivity index (χ1) is 17.5. The molecule has 2 saturated heterocycles. The van der Waals surface area contributed by atoms with Crippen LogP contribution in [0.25, 0.3) is 0 Å². The number of aryl methyl sites for hydroxylation is 1. The molecule has 5 rings (SSSR count). The normalized spacial score (nSPS) is 19.4. The first kappa shape index (κ1) is 24.0. The Morgan fingerprint density at radius 3 is 2.67 bits per heavy atom. The number of pyridine rings is 1. The fourth-order valence-corrected chi connectivity index (χ4v) is 4.74. The Hall–Kier alpha value is -3.73. The summed E-state index contributed by atoms with van der Waals surface area (Å²) in [6.45, 7) is 8.08. The number of hydrogen-bond acceptors (Lipinski definition) is 8. The Kier molecular flexibility index (Phi) is 6.99. The van der Waals surface area contributed by atoms with Gasteiger partial charge in [-0.1, -0.05) is 6.07 Å². The zero-order valence-corrected chi connectivity index (χ0v) is 21.1. The molecule has 2 aliphatic rings. The molecule has 2 fully saturated rings. The fourth-order valence-electron chi connectivity index (χ4n) is 4.74. The molecular formula is C25H34N10O. The Bertz CT molecular complexity index is 1170. The van der Waals surface area contributed by atoms with Gasteiger partial charge in [0.05, 0.1) is 6.04 Å².